The quantitative estimate of drug-likeness (QED) is 0.739. The van der Waals surface area contributed by atoms with Crippen molar-refractivity contribution in [3.8, 4) is 0 Å². The predicted molar refractivity (Wildman–Crippen MR) is 96.9 cm³/mol. The molecule has 0 spiro atoms. The molecule has 1 fully saturated rings. The maximum absolute atomic E-state index is 12.7. The predicted octanol–water partition coefficient (Wildman–Crippen LogP) is 0.509. The van der Waals surface area contributed by atoms with Gasteiger partial charge in [0, 0.05) is 24.8 Å². The zero-order valence-electron chi connectivity index (χ0n) is 14.3. The monoisotopic (exact) mass is 403 g/mol. The van der Waals surface area contributed by atoms with Crippen molar-refractivity contribution in [3.05, 3.63) is 29.3 Å². The maximum Gasteiger partial charge on any atom is 0.269 e. The fourth-order valence-corrected chi connectivity index (χ4v) is 4.56. The van der Waals surface area contributed by atoms with Gasteiger partial charge < -0.3 is 15.8 Å². The number of hydrogen-bond acceptors (Lipinski definition) is 6. The zero-order valence-corrected chi connectivity index (χ0v) is 15.9. The van der Waals surface area contributed by atoms with Crippen molar-refractivity contribution in [3.63, 3.8) is 0 Å². The van der Waals surface area contributed by atoms with E-state index in [9.17, 15) is 18.0 Å². The van der Waals surface area contributed by atoms with Crippen LogP contribution in [0.25, 0.3) is 0 Å². The van der Waals surface area contributed by atoms with E-state index in [1.165, 1.54) is 18.2 Å². The smallest absolute Gasteiger partial charge is 0.269 e. The second-order valence-corrected chi connectivity index (χ2v) is 8.13. The molecular formula is C16H22ClN3O5S. The molecule has 0 saturated carbocycles. The van der Waals surface area contributed by atoms with Gasteiger partial charge in [-0.15, -0.1) is 12.4 Å². The molecule has 2 aliphatic heterocycles. The van der Waals surface area contributed by atoms with E-state index in [1.807, 2.05) is 0 Å². The molecule has 8 nitrogen and oxygen atoms in total. The third-order valence-corrected chi connectivity index (χ3v) is 6.18. The molecule has 1 aromatic carbocycles. The van der Waals surface area contributed by atoms with Crippen LogP contribution in [0, 0.1) is 0 Å². The Morgan fingerprint density at radius 3 is 2.81 bits per heavy atom. The Hall–Kier alpha value is -1.68. The number of nitrogens with zero attached hydrogens (tertiary/aromatic N) is 1. The Labute approximate surface area is 158 Å². The largest absolute Gasteiger partial charge is 0.376 e. The molecule has 2 aliphatic rings. The highest BCUT2D eigenvalue weighted by atomic mass is 35.5. The van der Waals surface area contributed by atoms with E-state index in [4.69, 9.17) is 10.5 Å². The van der Waals surface area contributed by atoms with Gasteiger partial charge >= 0.3 is 0 Å². The van der Waals surface area contributed by atoms with Crippen molar-refractivity contribution in [2.75, 3.05) is 19.7 Å². The number of nitrogens with one attached hydrogen (secondary N) is 1. The van der Waals surface area contributed by atoms with Crippen LogP contribution in [0.4, 0.5) is 0 Å². The number of sulfonamides is 1. The molecule has 2 heterocycles. The van der Waals surface area contributed by atoms with Crippen LogP contribution < -0.4 is 11.1 Å². The van der Waals surface area contributed by atoms with Crippen LogP contribution in [0.1, 0.15) is 40.5 Å². The summed E-state index contributed by atoms with van der Waals surface area (Å²) in [7, 11) is -3.97. The first-order chi connectivity index (χ1) is 11.8. The second kappa shape index (κ2) is 7.91. The summed E-state index contributed by atoms with van der Waals surface area (Å²) >= 11 is 0. The molecule has 0 radical (unpaired) electrons. The summed E-state index contributed by atoms with van der Waals surface area (Å²) in [6, 6.07) is 3.83. The number of benzene rings is 1. The number of carbonyl (C=O) groups is 2. The molecule has 1 saturated heterocycles. The average molecular weight is 404 g/mol. The van der Waals surface area contributed by atoms with Crippen molar-refractivity contribution in [2.45, 2.75) is 36.8 Å². The average Bonchev–Trinajstić information content (AvgIpc) is 3.16. The number of fused-ring (bicyclic) bond motifs is 1. The van der Waals surface area contributed by atoms with E-state index in [1.54, 1.807) is 6.92 Å². The Morgan fingerprint density at radius 1 is 1.46 bits per heavy atom. The number of nitrogens with two attached hydrogens (primary N) is 1. The molecular weight excluding hydrogens is 382 g/mol. The lowest BCUT2D eigenvalue weighted by Crippen LogP contribution is -2.37. The topological polar surface area (TPSA) is 119 Å². The maximum atomic E-state index is 12.7. The minimum atomic E-state index is -3.97. The summed E-state index contributed by atoms with van der Waals surface area (Å²) in [6.07, 6.45) is 1.30. The molecule has 144 valence electrons. The van der Waals surface area contributed by atoms with Crippen LogP contribution in [0.15, 0.2) is 23.1 Å². The number of amides is 2. The third-order valence-electron chi connectivity index (χ3n) is 4.39. The molecule has 3 N–H and O–H groups in total. The number of carbonyl (C=O) groups excluding carboxylic acids is 2. The summed E-state index contributed by atoms with van der Waals surface area (Å²) in [4.78, 5) is 24.5. The van der Waals surface area contributed by atoms with Crippen LogP contribution in [0.2, 0.25) is 0 Å². The molecule has 26 heavy (non-hydrogen) atoms. The van der Waals surface area contributed by atoms with Crippen molar-refractivity contribution < 1.29 is 22.7 Å². The summed E-state index contributed by atoms with van der Waals surface area (Å²) in [6.45, 7) is 2.59. The molecule has 0 aliphatic carbocycles. The third kappa shape index (κ3) is 3.71. The molecule has 2 atom stereocenters. The normalized spacial score (nSPS) is 21.8. The van der Waals surface area contributed by atoms with Gasteiger partial charge in [0.25, 0.3) is 21.8 Å². The lowest BCUT2D eigenvalue weighted by Gasteiger charge is -2.18. The van der Waals surface area contributed by atoms with Crippen LogP contribution in [-0.4, -0.2) is 56.4 Å². The standard InChI is InChI=1S/C16H21N3O5S.ClH/c1-10(8-17)18-15(20)11-4-5-13-14(7-11)25(22,23)19(16(13)21)9-12-3-2-6-24-12;/h4-5,7,10,12H,2-3,6,8-9,17H2,1H3,(H,18,20);1H/t10-,12?;/m0./s1. The highest BCUT2D eigenvalue weighted by Crippen LogP contribution is 2.32. The number of halogens is 1. The Kier molecular flexibility index (Phi) is 6.28. The highest BCUT2D eigenvalue weighted by molar-refractivity contribution is 7.90. The fourth-order valence-electron chi connectivity index (χ4n) is 2.94. The Bertz CT molecular complexity index is 808. The Balaban J connectivity index is 0.00000243. The van der Waals surface area contributed by atoms with E-state index in [0.29, 0.717) is 6.61 Å². The molecule has 1 unspecified atom stereocenters. The molecule has 10 heteroatoms. The lowest BCUT2D eigenvalue weighted by molar-refractivity contribution is 0.0707. The van der Waals surface area contributed by atoms with Gasteiger partial charge in [-0.3, -0.25) is 9.59 Å². The van der Waals surface area contributed by atoms with Crippen LogP contribution in [0.3, 0.4) is 0 Å². The van der Waals surface area contributed by atoms with Crippen LogP contribution in [-0.2, 0) is 14.8 Å². The van der Waals surface area contributed by atoms with Gasteiger partial charge in [-0.1, -0.05) is 0 Å². The van der Waals surface area contributed by atoms with Crippen molar-refractivity contribution in [1.82, 2.24) is 9.62 Å². The number of ether oxygens (including phenoxy) is 1. The van der Waals surface area contributed by atoms with E-state index in [2.05, 4.69) is 5.32 Å². The first kappa shape index (κ1) is 20.6. The highest BCUT2D eigenvalue weighted by Gasteiger charge is 2.43. The summed E-state index contributed by atoms with van der Waals surface area (Å²) < 4.78 is 31.8. The fraction of sp³-hybridized carbons (Fsp3) is 0.500. The molecule has 1 aromatic rings. The van der Waals surface area contributed by atoms with E-state index in [0.717, 1.165) is 17.1 Å². The Morgan fingerprint density at radius 2 is 2.19 bits per heavy atom. The van der Waals surface area contributed by atoms with E-state index in [-0.39, 0.29) is 53.7 Å². The van der Waals surface area contributed by atoms with Crippen molar-refractivity contribution in [2.24, 2.45) is 5.73 Å². The van der Waals surface area contributed by atoms with Gasteiger partial charge in [0.15, 0.2) is 0 Å². The zero-order chi connectivity index (χ0) is 18.2. The number of rotatable bonds is 5. The second-order valence-electron chi connectivity index (χ2n) is 6.30. The van der Waals surface area contributed by atoms with Gasteiger partial charge in [-0.05, 0) is 38.0 Å². The van der Waals surface area contributed by atoms with Crippen LogP contribution in [0.5, 0.6) is 0 Å². The van der Waals surface area contributed by atoms with Crippen LogP contribution >= 0.6 is 12.4 Å². The van der Waals surface area contributed by atoms with E-state index < -0.39 is 21.8 Å². The number of hydrogen-bond donors (Lipinski definition) is 2. The van der Waals surface area contributed by atoms with Gasteiger partial charge in [0.05, 0.1) is 18.2 Å². The minimum absolute atomic E-state index is 0. The van der Waals surface area contributed by atoms with Gasteiger partial charge in [0.2, 0.25) is 0 Å². The lowest BCUT2D eigenvalue weighted by atomic mass is 10.1. The molecule has 2 amide bonds. The van der Waals surface area contributed by atoms with Gasteiger partial charge in [-0.2, -0.15) is 0 Å². The van der Waals surface area contributed by atoms with Crippen molar-refractivity contribution in [1.29, 1.82) is 0 Å². The first-order valence-corrected chi connectivity index (χ1v) is 9.62. The first-order valence-electron chi connectivity index (χ1n) is 8.18. The summed E-state index contributed by atoms with van der Waals surface area (Å²) in [5.74, 6) is -1.01. The minimum Gasteiger partial charge on any atom is -0.376 e. The molecule has 3 rings (SSSR count). The summed E-state index contributed by atoms with van der Waals surface area (Å²) in [5.41, 5.74) is 5.73. The van der Waals surface area contributed by atoms with Gasteiger partial charge in [0.1, 0.15) is 4.90 Å². The van der Waals surface area contributed by atoms with Gasteiger partial charge in [-0.25, -0.2) is 12.7 Å². The van der Waals surface area contributed by atoms with E-state index >= 15 is 0 Å². The summed E-state index contributed by atoms with van der Waals surface area (Å²) in [5, 5.41) is 2.67. The van der Waals surface area contributed by atoms with Crippen molar-refractivity contribution >= 4 is 34.2 Å². The molecule has 0 bridgehead atoms. The molecule has 0 aromatic heterocycles. The SMILES string of the molecule is C[C@@H](CN)NC(=O)c1ccc2c(c1)S(=O)(=O)N(CC1CCCO1)C2=O.Cl.